The minimum atomic E-state index is -3.94. The molecule has 1 aromatic carbocycles. The molecule has 0 radical (unpaired) electrons. The second-order valence-electron chi connectivity index (χ2n) is 11.5. The van der Waals surface area contributed by atoms with Crippen LogP contribution in [0.1, 0.15) is 65.6 Å². The number of rotatable bonds is 8. The van der Waals surface area contributed by atoms with Gasteiger partial charge in [0.15, 0.2) is 0 Å². The topological polar surface area (TPSA) is 142 Å². The van der Waals surface area contributed by atoms with Crippen LogP contribution in [0.4, 0.5) is 5.69 Å². The third-order valence-corrected chi connectivity index (χ3v) is 8.13. The molecule has 2 heterocycles. The van der Waals surface area contributed by atoms with Crippen molar-refractivity contribution in [1.29, 1.82) is 0 Å². The van der Waals surface area contributed by atoms with Crippen LogP contribution in [-0.4, -0.2) is 41.2 Å². The molecule has 0 amide bonds. The van der Waals surface area contributed by atoms with E-state index in [-0.39, 0.29) is 29.0 Å². The number of esters is 1. The summed E-state index contributed by atoms with van der Waals surface area (Å²) in [6.45, 7) is 12.7. The fourth-order valence-corrected chi connectivity index (χ4v) is 5.88. The number of sulfonamides is 1. The zero-order chi connectivity index (χ0) is 27.9. The zero-order valence-corrected chi connectivity index (χ0v) is 23.7. The van der Waals surface area contributed by atoms with Gasteiger partial charge in [-0.1, -0.05) is 19.0 Å². The van der Waals surface area contributed by atoms with E-state index in [0.717, 1.165) is 31.4 Å². The Morgan fingerprint density at radius 2 is 2.03 bits per heavy atom. The SMILES string of the molecule is CCn1cc(-c2nc(-c3ccc(S(=O)(=O)NCCC(=O)OC(C)(C)C)c(N)c3)no2)c2c1CC(C)(C)CC2. The van der Waals surface area contributed by atoms with Crippen LogP contribution >= 0.6 is 0 Å². The summed E-state index contributed by atoms with van der Waals surface area (Å²) in [6, 6.07) is 4.49. The van der Waals surface area contributed by atoms with Gasteiger partial charge in [-0.3, -0.25) is 4.79 Å². The van der Waals surface area contributed by atoms with Gasteiger partial charge < -0.3 is 19.6 Å². The Morgan fingerprint density at radius 1 is 1.29 bits per heavy atom. The Labute approximate surface area is 224 Å². The van der Waals surface area contributed by atoms with E-state index in [0.29, 0.717) is 17.3 Å². The molecular formula is C27H37N5O5S. The number of carbonyl (C=O) groups is 1. The van der Waals surface area contributed by atoms with Gasteiger partial charge in [0.05, 0.1) is 17.7 Å². The summed E-state index contributed by atoms with van der Waals surface area (Å²) in [5.74, 6) is 0.264. The van der Waals surface area contributed by atoms with E-state index in [9.17, 15) is 13.2 Å². The maximum atomic E-state index is 12.8. The molecule has 1 aliphatic carbocycles. The van der Waals surface area contributed by atoms with E-state index >= 15 is 0 Å². The van der Waals surface area contributed by atoms with Crippen molar-refractivity contribution in [3.8, 4) is 22.8 Å². The summed E-state index contributed by atoms with van der Waals surface area (Å²) < 4.78 is 41.0. The van der Waals surface area contributed by atoms with Gasteiger partial charge in [0.25, 0.3) is 5.89 Å². The molecule has 4 rings (SSSR count). The number of nitrogens with zero attached hydrogens (tertiary/aromatic N) is 3. The average Bonchev–Trinajstić information content (AvgIpc) is 3.41. The lowest BCUT2D eigenvalue weighted by Gasteiger charge is -2.30. The number of nitrogens with one attached hydrogen (secondary N) is 1. The fraction of sp³-hybridized carbons (Fsp3) is 0.519. The molecule has 206 valence electrons. The summed E-state index contributed by atoms with van der Waals surface area (Å²) in [4.78, 5) is 16.4. The molecule has 0 aliphatic heterocycles. The number of carbonyl (C=O) groups excluding carboxylic acids is 1. The van der Waals surface area contributed by atoms with Gasteiger partial charge in [-0.05, 0) is 76.1 Å². The van der Waals surface area contributed by atoms with Crippen LogP contribution in [0.25, 0.3) is 22.8 Å². The molecule has 38 heavy (non-hydrogen) atoms. The highest BCUT2D eigenvalue weighted by Crippen LogP contribution is 2.40. The largest absolute Gasteiger partial charge is 0.460 e. The number of benzene rings is 1. The highest BCUT2D eigenvalue weighted by Gasteiger charge is 2.31. The van der Waals surface area contributed by atoms with Crippen molar-refractivity contribution < 1.29 is 22.5 Å². The monoisotopic (exact) mass is 543 g/mol. The third kappa shape index (κ3) is 6.10. The standard InChI is InChI=1S/C27H37N5O5S/c1-7-32-16-19(18-10-12-27(5,6)15-21(18)32)25-30-24(31-37-25)17-8-9-22(20(28)14-17)38(34,35)29-13-11-23(33)36-26(2,3)4/h8-9,14,16,29H,7,10-13,15,28H2,1-6H3. The average molecular weight is 544 g/mol. The number of aromatic nitrogens is 3. The normalized spacial score (nSPS) is 15.3. The van der Waals surface area contributed by atoms with Crippen molar-refractivity contribution in [2.75, 3.05) is 12.3 Å². The molecular weight excluding hydrogens is 506 g/mol. The molecule has 1 aliphatic rings. The van der Waals surface area contributed by atoms with Gasteiger partial charge in [0, 0.05) is 30.5 Å². The first kappa shape index (κ1) is 27.8. The van der Waals surface area contributed by atoms with Gasteiger partial charge in [0.2, 0.25) is 15.8 Å². The molecule has 3 aromatic rings. The Morgan fingerprint density at radius 3 is 2.68 bits per heavy atom. The maximum Gasteiger partial charge on any atom is 0.307 e. The van der Waals surface area contributed by atoms with E-state index < -0.39 is 21.6 Å². The van der Waals surface area contributed by atoms with Gasteiger partial charge in [-0.2, -0.15) is 4.98 Å². The molecule has 0 bridgehead atoms. The number of hydrogen-bond acceptors (Lipinski definition) is 8. The van der Waals surface area contributed by atoms with Crippen LogP contribution < -0.4 is 10.5 Å². The zero-order valence-electron chi connectivity index (χ0n) is 22.9. The molecule has 0 saturated heterocycles. The highest BCUT2D eigenvalue weighted by atomic mass is 32.2. The molecule has 0 fully saturated rings. The molecule has 0 spiro atoms. The molecule has 10 nitrogen and oxygen atoms in total. The van der Waals surface area contributed by atoms with Crippen molar-refractivity contribution >= 4 is 21.7 Å². The number of ether oxygens (including phenoxy) is 1. The van der Waals surface area contributed by atoms with Crippen LogP contribution in [0.5, 0.6) is 0 Å². The number of anilines is 1. The Bertz CT molecular complexity index is 1450. The molecule has 0 saturated carbocycles. The molecule has 11 heteroatoms. The first-order valence-electron chi connectivity index (χ1n) is 12.9. The van der Waals surface area contributed by atoms with Crippen molar-refractivity contribution in [1.82, 2.24) is 19.4 Å². The first-order valence-corrected chi connectivity index (χ1v) is 14.3. The van der Waals surface area contributed by atoms with Gasteiger partial charge >= 0.3 is 5.97 Å². The molecule has 0 atom stereocenters. The molecule has 0 unspecified atom stereocenters. The van der Waals surface area contributed by atoms with Crippen LogP contribution in [-0.2, 0) is 38.9 Å². The van der Waals surface area contributed by atoms with Crippen LogP contribution in [0.3, 0.4) is 0 Å². The lowest BCUT2D eigenvalue weighted by molar-refractivity contribution is -0.154. The number of nitrogen functional groups attached to an aromatic ring is 1. The fourth-order valence-electron chi connectivity index (χ4n) is 4.74. The van der Waals surface area contributed by atoms with Crippen LogP contribution in [0.2, 0.25) is 0 Å². The quantitative estimate of drug-likeness (QED) is 0.316. The Kier molecular flexibility index (Phi) is 7.46. The number of nitrogens with two attached hydrogens (primary N) is 1. The van der Waals surface area contributed by atoms with Crippen LogP contribution in [0, 0.1) is 5.41 Å². The molecule has 2 aromatic heterocycles. The van der Waals surface area contributed by atoms with E-state index in [4.69, 9.17) is 15.0 Å². The van der Waals surface area contributed by atoms with Gasteiger partial charge in [-0.15, -0.1) is 0 Å². The smallest absolute Gasteiger partial charge is 0.307 e. The second-order valence-corrected chi connectivity index (χ2v) is 13.2. The van der Waals surface area contributed by atoms with Gasteiger partial charge in [0.1, 0.15) is 10.5 Å². The minimum absolute atomic E-state index is 0.0374. The maximum absolute atomic E-state index is 12.8. The van der Waals surface area contributed by atoms with E-state index in [2.05, 4.69) is 46.4 Å². The van der Waals surface area contributed by atoms with E-state index in [1.165, 1.54) is 23.4 Å². The number of fused-ring (bicyclic) bond motifs is 1. The summed E-state index contributed by atoms with van der Waals surface area (Å²) in [5, 5.41) is 4.14. The van der Waals surface area contributed by atoms with Crippen LogP contribution in [0.15, 0.2) is 33.8 Å². The summed E-state index contributed by atoms with van der Waals surface area (Å²) >= 11 is 0. The van der Waals surface area contributed by atoms with Crippen molar-refractivity contribution in [3.63, 3.8) is 0 Å². The number of hydrogen-bond donors (Lipinski definition) is 2. The summed E-state index contributed by atoms with van der Waals surface area (Å²) in [6.07, 6.45) is 5.01. The van der Waals surface area contributed by atoms with Gasteiger partial charge in [-0.25, -0.2) is 13.1 Å². The summed E-state index contributed by atoms with van der Waals surface area (Å²) in [5.41, 5.74) is 9.81. The second kappa shape index (κ2) is 10.2. The summed E-state index contributed by atoms with van der Waals surface area (Å²) in [7, 11) is -3.94. The predicted octanol–water partition coefficient (Wildman–Crippen LogP) is 4.33. The van der Waals surface area contributed by atoms with Crippen molar-refractivity contribution in [3.05, 3.63) is 35.7 Å². The molecule has 3 N–H and O–H groups in total. The Balaban J connectivity index is 1.51. The third-order valence-electron chi connectivity index (χ3n) is 6.60. The number of aryl methyl sites for hydroxylation is 1. The minimum Gasteiger partial charge on any atom is -0.460 e. The predicted molar refractivity (Wildman–Crippen MR) is 145 cm³/mol. The first-order chi connectivity index (χ1) is 17.7. The highest BCUT2D eigenvalue weighted by molar-refractivity contribution is 7.89. The van der Waals surface area contributed by atoms with E-state index in [1.807, 2.05) is 0 Å². The van der Waals surface area contributed by atoms with Crippen molar-refractivity contribution in [2.24, 2.45) is 5.41 Å². The Hall–Kier alpha value is -3.18. The lowest BCUT2D eigenvalue weighted by atomic mass is 9.76. The van der Waals surface area contributed by atoms with E-state index in [1.54, 1.807) is 26.8 Å². The lowest BCUT2D eigenvalue weighted by Crippen LogP contribution is -2.30. The van der Waals surface area contributed by atoms with Crippen molar-refractivity contribution in [2.45, 2.75) is 84.3 Å².